The molecular weight excluding hydrogens is 292 g/mol. The van der Waals surface area contributed by atoms with Gasteiger partial charge in [0.05, 0.1) is 4.88 Å². The van der Waals surface area contributed by atoms with E-state index in [9.17, 15) is 14.4 Å². The molecule has 6 nitrogen and oxygen atoms in total. The highest BCUT2D eigenvalue weighted by Crippen LogP contribution is 2.20. The topological polar surface area (TPSA) is 86.7 Å². The largest absolute Gasteiger partial charge is 0.481 e. The molecule has 1 aliphatic rings. The van der Waals surface area contributed by atoms with Crippen LogP contribution in [0.5, 0.6) is 0 Å². The summed E-state index contributed by atoms with van der Waals surface area (Å²) in [5.41, 5.74) is 0. The van der Waals surface area contributed by atoms with Crippen LogP contribution in [0.15, 0.2) is 17.5 Å². The van der Waals surface area contributed by atoms with E-state index in [1.54, 1.807) is 17.0 Å². The molecule has 2 rings (SSSR count). The van der Waals surface area contributed by atoms with Crippen molar-refractivity contribution in [3.63, 3.8) is 0 Å². The lowest BCUT2D eigenvalue weighted by Crippen LogP contribution is -2.33. The fourth-order valence-electron chi connectivity index (χ4n) is 2.41. The van der Waals surface area contributed by atoms with Gasteiger partial charge in [-0.25, -0.2) is 0 Å². The number of carboxylic acids is 1. The lowest BCUT2D eigenvalue weighted by molar-refractivity contribution is -0.138. The Morgan fingerprint density at radius 2 is 2.24 bits per heavy atom. The molecule has 0 radical (unpaired) electrons. The Balaban J connectivity index is 1.68. The van der Waals surface area contributed by atoms with Crippen LogP contribution in [0, 0.1) is 5.92 Å². The highest BCUT2D eigenvalue weighted by molar-refractivity contribution is 7.12. The van der Waals surface area contributed by atoms with E-state index in [1.165, 1.54) is 11.3 Å². The number of carboxylic acid groups (broad SMARTS) is 1. The summed E-state index contributed by atoms with van der Waals surface area (Å²) in [4.78, 5) is 36.6. The number of likely N-dealkylation sites (tertiary alicyclic amines) is 1. The molecule has 1 aromatic rings. The second-order valence-electron chi connectivity index (χ2n) is 5.08. The van der Waals surface area contributed by atoms with Gasteiger partial charge in [-0.3, -0.25) is 14.4 Å². The quantitative estimate of drug-likeness (QED) is 0.826. The zero-order valence-corrected chi connectivity index (χ0v) is 12.4. The van der Waals surface area contributed by atoms with E-state index in [-0.39, 0.29) is 30.6 Å². The maximum atomic E-state index is 12.0. The van der Waals surface area contributed by atoms with E-state index >= 15 is 0 Å². The van der Waals surface area contributed by atoms with E-state index in [0.717, 1.165) is 6.42 Å². The van der Waals surface area contributed by atoms with Crippen molar-refractivity contribution in [2.75, 3.05) is 19.6 Å². The average Bonchev–Trinajstić information content (AvgIpc) is 3.08. The molecule has 21 heavy (non-hydrogen) atoms. The molecule has 0 aliphatic carbocycles. The predicted molar refractivity (Wildman–Crippen MR) is 78.2 cm³/mol. The van der Waals surface area contributed by atoms with Gasteiger partial charge in [0, 0.05) is 32.5 Å². The Labute approximate surface area is 126 Å². The Morgan fingerprint density at radius 3 is 2.90 bits per heavy atom. The Hall–Kier alpha value is -1.89. The van der Waals surface area contributed by atoms with E-state index in [4.69, 9.17) is 5.11 Å². The fraction of sp³-hybridized carbons (Fsp3) is 0.500. The maximum absolute atomic E-state index is 12.0. The number of aliphatic carboxylic acids is 1. The minimum Gasteiger partial charge on any atom is -0.481 e. The number of nitrogens with one attached hydrogen (secondary N) is 1. The molecule has 1 aliphatic heterocycles. The molecule has 1 fully saturated rings. The number of hydrogen-bond acceptors (Lipinski definition) is 4. The lowest BCUT2D eigenvalue weighted by atomic mass is 10.1. The van der Waals surface area contributed by atoms with Gasteiger partial charge in [-0.15, -0.1) is 11.3 Å². The smallest absolute Gasteiger partial charge is 0.303 e. The number of thiophene rings is 1. The van der Waals surface area contributed by atoms with Crippen molar-refractivity contribution in [1.82, 2.24) is 10.2 Å². The summed E-state index contributed by atoms with van der Waals surface area (Å²) in [5, 5.41) is 13.3. The number of carbonyl (C=O) groups is 3. The first-order valence-corrected chi connectivity index (χ1v) is 7.75. The molecular formula is C14H18N2O4S. The molecule has 114 valence electrons. The molecule has 1 aromatic heterocycles. The summed E-state index contributed by atoms with van der Waals surface area (Å²) in [6, 6.07) is 3.54. The van der Waals surface area contributed by atoms with Crippen molar-refractivity contribution in [3.05, 3.63) is 22.4 Å². The van der Waals surface area contributed by atoms with Crippen LogP contribution in [-0.2, 0) is 9.59 Å². The normalized spacial score (nSPS) is 17.7. The second kappa shape index (κ2) is 7.21. The Morgan fingerprint density at radius 1 is 1.43 bits per heavy atom. The summed E-state index contributed by atoms with van der Waals surface area (Å²) < 4.78 is 0. The monoisotopic (exact) mass is 310 g/mol. The van der Waals surface area contributed by atoms with Crippen LogP contribution in [0.25, 0.3) is 0 Å². The van der Waals surface area contributed by atoms with Gasteiger partial charge in [-0.2, -0.15) is 0 Å². The molecule has 0 bridgehead atoms. The summed E-state index contributed by atoms with van der Waals surface area (Å²) in [6.07, 6.45) is 1.09. The van der Waals surface area contributed by atoms with Crippen molar-refractivity contribution >= 4 is 29.1 Å². The third-order valence-corrected chi connectivity index (χ3v) is 4.34. The van der Waals surface area contributed by atoms with Gasteiger partial charge in [-0.05, 0) is 23.8 Å². The first-order valence-electron chi connectivity index (χ1n) is 6.87. The number of rotatable bonds is 6. The van der Waals surface area contributed by atoms with E-state index in [0.29, 0.717) is 24.5 Å². The van der Waals surface area contributed by atoms with Crippen molar-refractivity contribution in [2.24, 2.45) is 5.92 Å². The van der Waals surface area contributed by atoms with E-state index < -0.39 is 5.97 Å². The standard InChI is InChI=1S/C14H18N2O4S/c17-12(16-6-4-10(9-16)8-13(18)19)3-5-15-14(20)11-2-1-7-21-11/h1-2,7,10H,3-6,8-9H2,(H,15,20)(H,18,19). The molecule has 0 saturated carbocycles. The summed E-state index contributed by atoms with van der Waals surface area (Å²) in [7, 11) is 0. The van der Waals surface area contributed by atoms with Gasteiger partial charge < -0.3 is 15.3 Å². The van der Waals surface area contributed by atoms with Gasteiger partial charge >= 0.3 is 5.97 Å². The molecule has 0 aromatic carbocycles. The summed E-state index contributed by atoms with van der Waals surface area (Å²) in [5.74, 6) is -0.970. The zero-order valence-electron chi connectivity index (χ0n) is 11.6. The van der Waals surface area contributed by atoms with E-state index in [2.05, 4.69) is 5.32 Å². The maximum Gasteiger partial charge on any atom is 0.303 e. The molecule has 1 unspecified atom stereocenters. The van der Waals surface area contributed by atoms with Gasteiger partial charge in [-0.1, -0.05) is 6.07 Å². The first-order chi connectivity index (χ1) is 10.1. The van der Waals surface area contributed by atoms with Crippen LogP contribution in [0.2, 0.25) is 0 Å². The number of hydrogen-bond donors (Lipinski definition) is 2. The second-order valence-corrected chi connectivity index (χ2v) is 6.02. The van der Waals surface area contributed by atoms with Crippen LogP contribution in [0.4, 0.5) is 0 Å². The van der Waals surface area contributed by atoms with Crippen molar-refractivity contribution in [2.45, 2.75) is 19.3 Å². The van der Waals surface area contributed by atoms with Crippen LogP contribution in [0.3, 0.4) is 0 Å². The summed E-state index contributed by atoms with van der Waals surface area (Å²) >= 11 is 1.36. The van der Waals surface area contributed by atoms with Gasteiger partial charge in [0.15, 0.2) is 0 Å². The molecule has 2 amide bonds. The summed E-state index contributed by atoms with van der Waals surface area (Å²) in [6.45, 7) is 1.41. The minimum atomic E-state index is -0.822. The number of carbonyl (C=O) groups excluding carboxylic acids is 2. The Bertz CT molecular complexity index is 515. The average molecular weight is 310 g/mol. The van der Waals surface area contributed by atoms with Crippen LogP contribution < -0.4 is 5.32 Å². The third kappa shape index (κ3) is 4.56. The Kier molecular flexibility index (Phi) is 5.32. The molecule has 2 N–H and O–H groups in total. The van der Waals surface area contributed by atoms with Gasteiger partial charge in [0.25, 0.3) is 5.91 Å². The van der Waals surface area contributed by atoms with Crippen molar-refractivity contribution < 1.29 is 19.5 Å². The highest BCUT2D eigenvalue weighted by atomic mass is 32.1. The van der Waals surface area contributed by atoms with Gasteiger partial charge in [0.1, 0.15) is 0 Å². The minimum absolute atomic E-state index is 0.0330. The molecule has 2 heterocycles. The fourth-order valence-corrected chi connectivity index (χ4v) is 3.05. The first kappa shape index (κ1) is 15.5. The third-order valence-electron chi connectivity index (χ3n) is 3.47. The van der Waals surface area contributed by atoms with Crippen molar-refractivity contribution in [3.8, 4) is 0 Å². The SMILES string of the molecule is O=C(O)CC1CCN(C(=O)CCNC(=O)c2cccs2)C1. The molecule has 0 spiro atoms. The van der Waals surface area contributed by atoms with E-state index in [1.807, 2.05) is 5.38 Å². The van der Waals surface area contributed by atoms with Crippen LogP contribution in [0.1, 0.15) is 28.9 Å². The van der Waals surface area contributed by atoms with Crippen LogP contribution >= 0.6 is 11.3 Å². The molecule has 7 heteroatoms. The predicted octanol–water partition coefficient (Wildman–Crippen LogP) is 1.19. The highest BCUT2D eigenvalue weighted by Gasteiger charge is 2.27. The number of nitrogens with zero attached hydrogens (tertiary/aromatic N) is 1. The lowest BCUT2D eigenvalue weighted by Gasteiger charge is -2.16. The zero-order chi connectivity index (χ0) is 15.2. The molecule has 1 saturated heterocycles. The van der Waals surface area contributed by atoms with Crippen LogP contribution in [-0.4, -0.2) is 47.4 Å². The number of amides is 2. The van der Waals surface area contributed by atoms with Crippen molar-refractivity contribution in [1.29, 1.82) is 0 Å². The molecule has 1 atom stereocenters. The van der Waals surface area contributed by atoms with Gasteiger partial charge in [0.2, 0.25) is 5.91 Å².